The topological polar surface area (TPSA) is 61.8 Å². The van der Waals surface area contributed by atoms with Crippen molar-refractivity contribution in [2.45, 2.75) is 52.5 Å². The number of phenols is 1. The number of para-hydroxylation sites is 1. The van der Waals surface area contributed by atoms with Gasteiger partial charge in [0.1, 0.15) is 11.6 Å². The monoisotopic (exact) mass is 347 g/mol. The van der Waals surface area contributed by atoms with Gasteiger partial charge in [0.25, 0.3) is 0 Å². The maximum Gasteiger partial charge on any atom is 0.144 e. The van der Waals surface area contributed by atoms with E-state index in [2.05, 4.69) is 38.3 Å². The first-order valence-electron chi connectivity index (χ1n) is 9.10. The number of hydrogen-bond donors (Lipinski definition) is 1. The first-order chi connectivity index (χ1) is 12.4. The van der Waals surface area contributed by atoms with E-state index < -0.39 is 0 Å². The molecule has 0 aliphatic heterocycles. The predicted octanol–water partition coefficient (Wildman–Crippen LogP) is 5.38. The summed E-state index contributed by atoms with van der Waals surface area (Å²) >= 11 is 0. The summed E-state index contributed by atoms with van der Waals surface area (Å²) in [4.78, 5) is 4.78. The smallest absolute Gasteiger partial charge is 0.144 e. The zero-order chi connectivity index (χ0) is 18.9. The number of phenolic OH excluding ortho intramolecular Hbond substituents is 1. The molecule has 0 bridgehead atoms. The molecular formula is C22H25N3O. The van der Waals surface area contributed by atoms with Crippen LogP contribution in [0, 0.1) is 11.3 Å². The van der Waals surface area contributed by atoms with Crippen LogP contribution in [0.25, 0.3) is 22.4 Å². The quantitative estimate of drug-likeness (QED) is 0.689. The molecule has 134 valence electrons. The van der Waals surface area contributed by atoms with Crippen LogP contribution in [-0.4, -0.2) is 14.7 Å². The highest BCUT2D eigenvalue weighted by Gasteiger charge is 2.23. The van der Waals surface area contributed by atoms with Gasteiger partial charge in [-0.3, -0.25) is 0 Å². The lowest BCUT2D eigenvalue weighted by Crippen LogP contribution is -2.12. The number of benzene rings is 2. The molecule has 1 aromatic heterocycles. The maximum absolute atomic E-state index is 10.9. The van der Waals surface area contributed by atoms with E-state index in [1.807, 2.05) is 36.4 Å². The maximum atomic E-state index is 10.9. The summed E-state index contributed by atoms with van der Waals surface area (Å²) in [7, 11) is 0. The zero-order valence-corrected chi connectivity index (χ0v) is 15.9. The third-order valence-corrected chi connectivity index (χ3v) is 4.70. The Morgan fingerprint density at radius 2 is 1.96 bits per heavy atom. The van der Waals surface area contributed by atoms with Gasteiger partial charge in [0.15, 0.2) is 0 Å². The van der Waals surface area contributed by atoms with Crippen molar-refractivity contribution in [1.82, 2.24) is 9.55 Å². The summed E-state index contributed by atoms with van der Waals surface area (Å²) in [6.07, 6.45) is 2.10. The van der Waals surface area contributed by atoms with Crippen LogP contribution in [0.15, 0.2) is 36.4 Å². The van der Waals surface area contributed by atoms with E-state index in [0.29, 0.717) is 5.56 Å². The minimum Gasteiger partial charge on any atom is -0.507 e. The fraction of sp³-hybridized carbons (Fsp3) is 0.364. The molecule has 4 heteroatoms. The first kappa shape index (κ1) is 18.0. The Morgan fingerprint density at radius 1 is 1.19 bits per heavy atom. The molecule has 4 nitrogen and oxygen atoms in total. The predicted molar refractivity (Wildman–Crippen MR) is 105 cm³/mol. The van der Waals surface area contributed by atoms with Crippen LogP contribution in [0.3, 0.4) is 0 Å². The number of aromatic nitrogens is 2. The van der Waals surface area contributed by atoms with E-state index in [9.17, 15) is 10.4 Å². The van der Waals surface area contributed by atoms with Gasteiger partial charge in [0, 0.05) is 6.54 Å². The van der Waals surface area contributed by atoms with Crippen LogP contribution < -0.4 is 0 Å². The molecular weight excluding hydrogens is 322 g/mol. The van der Waals surface area contributed by atoms with Gasteiger partial charge in [-0.2, -0.15) is 5.26 Å². The van der Waals surface area contributed by atoms with E-state index in [-0.39, 0.29) is 11.2 Å². The van der Waals surface area contributed by atoms with Gasteiger partial charge in [0.2, 0.25) is 0 Å². The normalized spacial score (nSPS) is 11.7. The number of nitrogens with zero attached hydrogens (tertiary/aromatic N) is 3. The fourth-order valence-electron chi connectivity index (χ4n) is 3.28. The summed E-state index contributed by atoms with van der Waals surface area (Å²) in [6, 6.07) is 13.6. The van der Waals surface area contributed by atoms with Crippen molar-refractivity contribution in [2.75, 3.05) is 0 Å². The Bertz CT molecular complexity index is 987. The van der Waals surface area contributed by atoms with Crippen molar-refractivity contribution in [1.29, 1.82) is 5.26 Å². The molecule has 3 rings (SSSR count). The minimum absolute atomic E-state index is 0.158. The van der Waals surface area contributed by atoms with Crippen LogP contribution >= 0.6 is 0 Å². The number of imidazole rings is 1. The third-order valence-electron chi connectivity index (χ3n) is 4.70. The third kappa shape index (κ3) is 3.17. The number of aromatic hydroxyl groups is 1. The Labute approximate surface area is 154 Å². The number of nitriles is 1. The lowest BCUT2D eigenvalue weighted by Gasteiger charge is -2.22. The molecule has 0 saturated heterocycles. The highest BCUT2D eigenvalue weighted by molar-refractivity contribution is 5.83. The standard InChI is InChI=1S/C22H25N3O/c1-5-6-12-25-19-11-10-15(14-23)13-18(19)24-21(25)16-8-7-9-17(20(16)26)22(2,3)4/h7-11,13,26H,5-6,12H2,1-4H3. The van der Waals surface area contributed by atoms with E-state index in [4.69, 9.17) is 4.98 Å². The van der Waals surface area contributed by atoms with Crippen molar-refractivity contribution < 1.29 is 5.11 Å². The first-order valence-corrected chi connectivity index (χ1v) is 9.10. The minimum atomic E-state index is -0.158. The molecule has 0 radical (unpaired) electrons. The summed E-state index contributed by atoms with van der Waals surface area (Å²) in [5, 5.41) is 20.1. The average Bonchev–Trinajstić information content (AvgIpc) is 2.96. The number of rotatable bonds is 4. The molecule has 0 atom stereocenters. The number of unbranched alkanes of at least 4 members (excludes halogenated alkanes) is 1. The molecule has 2 aromatic carbocycles. The number of hydrogen-bond acceptors (Lipinski definition) is 3. The molecule has 3 aromatic rings. The van der Waals surface area contributed by atoms with Crippen LogP contribution in [0.1, 0.15) is 51.7 Å². The Morgan fingerprint density at radius 3 is 2.62 bits per heavy atom. The van der Waals surface area contributed by atoms with Crippen molar-refractivity contribution in [2.24, 2.45) is 0 Å². The van der Waals surface area contributed by atoms with Crippen LogP contribution in [-0.2, 0) is 12.0 Å². The van der Waals surface area contributed by atoms with E-state index in [1.54, 1.807) is 0 Å². The van der Waals surface area contributed by atoms with Gasteiger partial charge < -0.3 is 9.67 Å². The van der Waals surface area contributed by atoms with E-state index in [1.165, 1.54) is 0 Å². The number of aryl methyl sites for hydroxylation is 1. The van der Waals surface area contributed by atoms with E-state index in [0.717, 1.165) is 47.4 Å². The van der Waals surface area contributed by atoms with Gasteiger partial charge >= 0.3 is 0 Å². The lowest BCUT2D eigenvalue weighted by molar-refractivity contribution is 0.448. The molecule has 0 unspecified atom stereocenters. The second-order valence-corrected chi connectivity index (χ2v) is 7.71. The summed E-state index contributed by atoms with van der Waals surface area (Å²) in [6.45, 7) is 9.25. The molecule has 0 amide bonds. The molecule has 0 saturated carbocycles. The second kappa shape index (κ2) is 6.84. The van der Waals surface area contributed by atoms with Gasteiger partial charge in [-0.15, -0.1) is 0 Å². The second-order valence-electron chi connectivity index (χ2n) is 7.71. The molecule has 0 aliphatic rings. The molecule has 0 aliphatic carbocycles. The average molecular weight is 347 g/mol. The summed E-state index contributed by atoms with van der Waals surface area (Å²) in [5.74, 6) is 1.04. The SMILES string of the molecule is CCCCn1c(-c2cccc(C(C)(C)C)c2O)nc2cc(C#N)ccc21. The Kier molecular flexibility index (Phi) is 4.73. The summed E-state index contributed by atoms with van der Waals surface area (Å²) < 4.78 is 2.15. The van der Waals surface area contributed by atoms with E-state index >= 15 is 0 Å². The molecule has 1 N–H and O–H groups in total. The molecule has 0 fully saturated rings. The Balaban J connectivity index is 2.26. The van der Waals surface area contributed by atoms with Gasteiger partial charge in [0.05, 0.1) is 28.2 Å². The molecule has 1 heterocycles. The molecule has 0 spiro atoms. The van der Waals surface area contributed by atoms with Gasteiger partial charge in [-0.05, 0) is 41.7 Å². The van der Waals surface area contributed by atoms with Gasteiger partial charge in [-0.25, -0.2) is 4.98 Å². The highest BCUT2D eigenvalue weighted by Crippen LogP contribution is 2.39. The zero-order valence-electron chi connectivity index (χ0n) is 15.9. The van der Waals surface area contributed by atoms with Crippen LogP contribution in [0.2, 0.25) is 0 Å². The van der Waals surface area contributed by atoms with Crippen LogP contribution in [0.4, 0.5) is 0 Å². The van der Waals surface area contributed by atoms with Crippen molar-refractivity contribution >= 4 is 11.0 Å². The largest absolute Gasteiger partial charge is 0.507 e. The van der Waals surface area contributed by atoms with Crippen molar-refractivity contribution in [3.63, 3.8) is 0 Å². The number of fused-ring (bicyclic) bond motifs is 1. The van der Waals surface area contributed by atoms with Crippen LogP contribution in [0.5, 0.6) is 5.75 Å². The lowest BCUT2D eigenvalue weighted by atomic mass is 9.85. The van der Waals surface area contributed by atoms with Crippen molar-refractivity contribution in [3.05, 3.63) is 47.5 Å². The summed E-state index contributed by atoms with van der Waals surface area (Å²) in [5.41, 5.74) is 3.86. The fourth-order valence-corrected chi connectivity index (χ4v) is 3.28. The van der Waals surface area contributed by atoms with Crippen molar-refractivity contribution in [3.8, 4) is 23.2 Å². The molecule has 26 heavy (non-hydrogen) atoms. The highest BCUT2D eigenvalue weighted by atomic mass is 16.3. The Hall–Kier alpha value is -2.80. The van der Waals surface area contributed by atoms with Gasteiger partial charge in [-0.1, -0.05) is 46.2 Å².